The average molecular weight is 376 g/mol. The number of aromatic nitrogens is 2. The second-order valence-corrected chi connectivity index (χ2v) is 7.70. The van der Waals surface area contributed by atoms with Crippen LogP contribution in [0.4, 0.5) is 11.6 Å². The van der Waals surface area contributed by atoms with Gasteiger partial charge in [-0.15, -0.1) is 0 Å². The fourth-order valence-electron chi connectivity index (χ4n) is 3.80. The number of aliphatic imine (C=N–C) groups is 1. The summed E-state index contributed by atoms with van der Waals surface area (Å²) in [6.45, 7) is 4.40. The van der Waals surface area contributed by atoms with Crippen LogP contribution in [-0.2, 0) is 6.54 Å². The number of rotatable bonds is 6. The second kappa shape index (κ2) is 8.57. The lowest BCUT2D eigenvalue weighted by molar-refractivity contribution is 0.222. The van der Waals surface area contributed by atoms with Gasteiger partial charge in [-0.2, -0.15) is 0 Å². The highest BCUT2D eigenvalue weighted by atomic mass is 15.2. The van der Waals surface area contributed by atoms with Gasteiger partial charge >= 0.3 is 0 Å². The Labute approximate surface area is 167 Å². The zero-order valence-electron chi connectivity index (χ0n) is 16.9. The quantitative estimate of drug-likeness (QED) is 0.602. The van der Waals surface area contributed by atoms with Gasteiger partial charge in [0, 0.05) is 39.1 Å². The number of hydrogen-bond acceptors (Lipinski definition) is 4. The molecular weight excluding hydrogens is 346 g/mol. The minimum absolute atomic E-state index is 0.787. The summed E-state index contributed by atoms with van der Waals surface area (Å²) in [4.78, 5) is 14.2. The first-order chi connectivity index (χ1) is 13.7. The number of anilines is 1. The highest BCUT2D eigenvalue weighted by Crippen LogP contribution is 2.22. The Balaban J connectivity index is 1.56. The van der Waals surface area contributed by atoms with E-state index in [1.165, 1.54) is 38.0 Å². The summed E-state index contributed by atoms with van der Waals surface area (Å²) in [5.74, 6) is 0.787. The summed E-state index contributed by atoms with van der Waals surface area (Å²) in [5.41, 5.74) is 4.44. The lowest BCUT2D eigenvalue weighted by Crippen LogP contribution is -2.32. The molecule has 2 heterocycles. The summed E-state index contributed by atoms with van der Waals surface area (Å²) in [7, 11) is 4.10. The largest absolute Gasteiger partial charge is 0.378 e. The van der Waals surface area contributed by atoms with Gasteiger partial charge in [0.05, 0.1) is 11.0 Å². The fourth-order valence-corrected chi connectivity index (χ4v) is 3.80. The smallest absolute Gasteiger partial charge is 0.230 e. The van der Waals surface area contributed by atoms with Crippen molar-refractivity contribution in [1.82, 2.24) is 14.5 Å². The minimum Gasteiger partial charge on any atom is -0.378 e. The first kappa shape index (κ1) is 18.7. The van der Waals surface area contributed by atoms with E-state index >= 15 is 0 Å². The van der Waals surface area contributed by atoms with E-state index in [0.29, 0.717) is 0 Å². The molecule has 146 valence electrons. The third-order valence-electron chi connectivity index (χ3n) is 5.46. The van der Waals surface area contributed by atoms with Crippen molar-refractivity contribution in [3.63, 3.8) is 0 Å². The Morgan fingerprint density at radius 1 is 0.964 bits per heavy atom. The lowest BCUT2D eigenvalue weighted by Gasteiger charge is -2.26. The monoisotopic (exact) mass is 375 g/mol. The molecule has 1 aliphatic rings. The van der Waals surface area contributed by atoms with Crippen LogP contribution in [-0.4, -0.2) is 54.4 Å². The Kier molecular flexibility index (Phi) is 5.72. The zero-order valence-corrected chi connectivity index (χ0v) is 16.9. The number of para-hydroxylation sites is 2. The van der Waals surface area contributed by atoms with E-state index in [9.17, 15) is 0 Å². The molecule has 0 atom stereocenters. The molecule has 1 aromatic heterocycles. The molecule has 0 bridgehead atoms. The van der Waals surface area contributed by atoms with Gasteiger partial charge in [-0.1, -0.05) is 30.7 Å². The van der Waals surface area contributed by atoms with Crippen molar-refractivity contribution in [1.29, 1.82) is 0 Å². The predicted molar refractivity (Wildman–Crippen MR) is 118 cm³/mol. The van der Waals surface area contributed by atoms with Crippen LogP contribution < -0.4 is 4.90 Å². The molecule has 0 aliphatic carbocycles. The molecule has 2 aromatic carbocycles. The Morgan fingerprint density at radius 3 is 2.46 bits per heavy atom. The van der Waals surface area contributed by atoms with Crippen LogP contribution in [0.5, 0.6) is 0 Å². The fraction of sp³-hybridized carbons (Fsp3) is 0.391. The van der Waals surface area contributed by atoms with Gasteiger partial charge in [-0.25, -0.2) is 9.98 Å². The third kappa shape index (κ3) is 4.25. The maximum Gasteiger partial charge on any atom is 0.230 e. The highest BCUT2D eigenvalue weighted by Gasteiger charge is 2.13. The summed E-state index contributed by atoms with van der Waals surface area (Å²) < 4.78 is 2.26. The van der Waals surface area contributed by atoms with Gasteiger partial charge < -0.3 is 14.4 Å². The number of fused-ring (bicyclic) bond motifs is 1. The van der Waals surface area contributed by atoms with E-state index in [4.69, 9.17) is 9.98 Å². The molecule has 0 spiro atoms. The average Bonchev–Trinajstić information content (AvgIpc) is 3.09. The normalized spacial score (nSPS) is 15.5. The zero-order chi connectivity index (χ0) is 19.3. The van der Waals surface area contributed by atoms with Gasteiger partial charge in [0.25, 0.3) is 0 Å². The van der Waals surface area contributed by atoms with Crippen molar-refractivity contribution >= 4 is 28.9 Å². The van der Waals surface area contributed by atoms with Crippen molar-refractivity contribution < 1.29 is 0 Å². The van der Waals surface area contributed by atoms with Crippen molar-refractivity contribution in [3.05, 3.63) is 54.1 Å². The van der Waals surface area contributed by atoms with Gasteiger partial charge in [-0.05, 0) is 55.8 Å². The first-order valence-electron chi connectivity index (χ1n) is 10.2. The van der Waals surface area contributed by atoms with Crippen molar-refractivity contribution in [2.75, 3.05) is 38.6 Å². The van der Waals surface area contributed by atoms with Gasteiger partial charge in [0.1, 0.15) is 0 Å². The molecule has 0 unspecified atom stereocenters. The summed E-state index contributed by atoms with van der Waals surface area (Å²) >= 11 is 0. The van der Waals surface area contributed by atoms with Crippen molar-refractivity contribution in [2.45, 2.75) is 25.8 Å². The number of likely N-dealkylation sites (tertiary alicyclic amines) is 1. The van der Waals surface area contributed by atoms with E-state index in [-0.39, 0.29) is 0 Å². The molecule has 5 nitrogen and oxygen atoms in total. The number of imidazole rings is 1. The molecule has 0 saturated carbocycles. The minimum atomic E-state index is 0.787. The lowest BCUT2D eigenvalue weighted by atomic mass is 10.1. The Morgan fingerprint density at radius 2 is 1.71 bits per heavy atom. The molecule has 4 rings (SSSR count). The molecule has 0 amide bonds. The van der Waals surface area contributed by atoms with E-state index < -0.39 is 0 Å². The van der Waals surface area contributed by atoms with E-state index in [1.54, 1.807) is 0 Å². The molecule has 0 N–H and O–H groups in total. The molecular formula is C23H29N5. The van der Waals surface area contributed by atoms with Crippen LogP contribution in [0.3, 0.4) is 0 Å². The molecule has 28 heavy (non-hydrogen) atoms. The molecule has 5 heteroatoms. The molecule has 1 saturated heterocycles. The molecule has 0 radical (unpaired) electrons. The van der Waals surface area contributed by atoms with Crippen LogP contribution in [0.2, 0.25) is 0 Å². The van der Waals surface area contributed by atoms with Crippen LogP contribution in [0.15, 0.2) is 53.5 Å². The number of nitrogens with zero attached hydrogens (tertiary/aromatic N) is 5. The topological polar surface area (TPSA) is 36.7 Å². The second-order valence-electron chi connectivity index (χ2n) is 7.70. The summed E-state index contributed by atoms with van der Waals surface area (Å²) in [6.07, 6.45) is 5.92. The first-order valence-corrected chi connectivity index (χ1v) is 10.2. The number of hydrogen-bond donors (Lipinski definition) is 0. The maximum absolute atomic E-state index is 4.78. The Bertz CT molecular complexity index is 933. The number of benzene rings is 2. The van der Waals surface area contributed by atoms with E-state index in [1.807, 2.05) is 26.4 Å². The van der Waals surface area contributed by atoms with Gasteiger partial charge in [0.2, 0.25) is 5.95 Å². The van der Waals surface area contributed by atoms with Crippen molar-refractivity contribution in [3.8, 4) is 0 Å². The molecule has 1 fully saturated rings. The predicted octanol–water partition coefficient (Wildman–Crippen LogP) is 4.34. The highest BCUT2D eigenvalue weighted by molar-refractivity contribution is 5.84. The SMILES string of the molecule is CN(C)c1ccc(C=Nc2nc3ccccc3n2CCN2CCCCC2)cc1. The van der Waals surface area contributed by atoms with E-state index in [0.717, 1.165) is 35.6 Å². The van der Waals surface area contributed by atoms with E-state index in [2.05, 4.69) is 56.8 Å². The van der Waals surface area contributed by atoms with Crippen LogP contribution in [0.25, 0.3) is 11.0 Å². The van der Waals surface area contributed by atoms with Crippen LogP contribution in [0, 0.1) is 0 Å². The van der Waals surface area contributed by atoms with Gasteiger partial charge in [0.15, 0.2) is 0 Å². The van der Waals surface area contributed by atoms with Gasteiger partial charge in [-0.3, -0.25) is 0 Å². The molecule has 1 aliphatic heterocycles. The molecule has 3 aromatic rings. The maximum atomic E-state index is 4.78. The standard InChI is InChI=1S/C23H29N5/c1-26(2)20-12-10-19(11-13-20)18-24-23-25-21-8-4-5-9-22(21)28(23)17-16-27-14-6-3-7-15-27/h4-5,8-13,18H,3,6-7,14-17H2,1-2H3. The van der Waals surface area contributed by atoms with Crippen LogP contribution >= 0.6 is 0 Å². The number of piperidine rings is 1. The summed E-state index contributed by atoms with van der Waals surface area (Å²) in [5, 5.41) is 0. The van der Waals surface area contributed by atoms with Crippen LogP contribution in [0.1, 0.15) is 24.8 Å². The van der Waals surface area contributed by atoms with Crippen molar-refractivity contribution in [2.24, 2.45) is 4.99 Å². The third-order valence-corrected chi connectivity index (χ3v) is 5.46. The Hall–Kier alpha value is -2.66. The summed E-state index contributed by atoms with van der Waals surface area (Å²) in [6, 6.07) is 16.7.